The second-order valence-electron chi connectivity index (χ2n) is 9.06. The van der Waals surface area contributed by atoms with E-state index in [0.717, 1.165) is 23.2 Å². The quantitative estimate of drug-likeness (QED) is 0.270. The molecule has 0 spiro atoms. The van der Waals surface area contributed by atoms with Crippen molar-refractivity contribution in [1.29, 1.82) is 0 Å². The minimum Gasteiger partial charge on any atom is -0.475 e. The fourth-order valence-corrected chi connectivity index (χ4v) is 6.88. The number of nitrogens with zero attached hydrogens (tertiary/aromatic N) is 4. The minimum atomic E-state index is -3.94. The van der Waals surface area contributed by atoms with Crippen LogP contribution in [0.15, 0.2) is 76.1 Å². The molecule has 5 aromatic rings. The zero-order valence-electron chi connectivity index (χ0n) is 21.0. The summed E-state index contributed by atoms with van der Waals surface area (Å²) in [5, 5.41) is 8.86. The van der Waals surface area contributed by atoms with Crippen molar-refractivity contribution in [2.45, 2.75) is 36.1 Å². The van der Waals surface area contributed by atoms with Gasteiger partial charge in [-0.1, -0.05) is 35.1 Å². The number of benzene rings is 2. The van der Waals surface area contributed by atoms with Gasteiger partial charge in [-0.15, -0.1) is 10.2 Å². The number of rotatable bonds is 7. The molecule has 0 aliphatic carbocycles. The lowest BCUT2D eigenvalue weighted by Gasteiger charge is -2.09. The Morgan fingerprint density at radius 3 is 2.34 bits per heavy atom. The van der Waals surface area contributed by atoms with Crippen LogP contribution in [0, 0.1) is 6.92 Å². The molecule has 0 unspecified atom stereocenters. The number of pyridine rings is 1. The van der Waals surface area contributed by atoms with Crippen molar-refractivity contribution in [2.24, 2.45) is 0 Å². The highest BCUT2D eigenvalue weighted by atomic mass is 32.2. The number of aryl methyl sites for hydroxylation is 1. The van der Waals surface area contributed by atoms with E-state index in [4.69, 9.17) is 4.74 Å². The number of sulfone groups is 1. The molecule has 0 amide bonds. The van der Waals surface area contributed by atoms with E-state index in [1.165, 1.54) is 3.97 Å². The van der Waals surface area contributed by atoms with Crippen molar-refractivity contribution in [3.05, 3.63) is 72.4 Å². The van der Waals surface area contributed by atoms with E-state index < -0.39 is 19.9 Å². The maximum absolute atomic E-state index is 13.7. The molecule has 0 saturated carbocycles. The van der Waals surface area contributed by atoms with Crippen molar-refractivity contribution >= 4 is 42.1 Å². The van der Waals surface area contributed by atoms with Crippen LogP contribution >= 0.6 is 11.3 Å². The van der Waals surface area contributed by atoms with Gasteiger partial charge in [-0.2, -0.15) is 0 Å². The van der Waals surface area contributed by atoms with Gasteiger partial charge in [0.05, 0.1) is 22.2 Å². The average molecular weight is 569 g/mol. The first kappa shape index (κ1) is 26.0. The summed E-state index contributed by atoms with van der Waals surface area (Å²) in [4.78, 5) is 4.77. The van der Waals surface area contributed by atoms with Gasteiger partial charge < -0.3 is 4.74 Å². The highest BCUT2D eigenvalue weighted by Crippen LogP contribution is 2.36. The summed E-state index contributed by atoms with van der Waals surface area (Å²) < 4.78 is 58.2. The van der Waals surface area contributed by atoms with Gasteiger partial charge in [-0.25, -0.2) is 25.8 Å². The van der Waals surface area contributed by atoms with Crippen molar-refractivity contribution < 1.29 is 21.6 Å². The third-order valence-corrected chi connectivity index (χ3v) is 10.0. The van der Waals surface area contributed by atoms with Gasteiger partial charge in [0.2, 0.25) is 20.1 Å². The van der Waals surface area contributed by atoms with Crippen LogP contribution in [0.2, 0.25) is 0 Å². The third kappa shape index (κ3) is 4.94. The summed E-state index contributed by atoms with van der Waals surface area (Å²) in [5.74, 6) is 0.415. The van der Waals surface area contributed by atoms with Crippen LogP contribution in [-0.2, 0) is 19.9 Å². The highest BCUT2D eigenvalue weighted by molar-refractivity contribution is 7.92. The minimum absolute atomic E-state index is 0.0888. The molecule has 0 fully saturated rings. The molecule has 9 nitrogen and oxygen atoms in total. The van der Waals surface area contributed by atoms with Crippen LogP contribution < -0.4 is 4.74 Å². The molecule has 0 radical (unpaired) electrons. The van der Waals surface area contributed by atoms with Gasteiger partial charge in [0.1, 0.15) is 5.01 Å². The van der Waals surface area contributed by atoms with E-state index in [1.807, 2.05) is 20.8 Å². The van der Waals surface area contributed by atoms with Crippen LogP contribution in [0.4, 0.5) is 0 Å². The predicted molar refractivity (Wildman–Crippen MR) is 147 cm³/mol. The lowest BCUT2D eigenvalue weighted by molar-refractivity contribution is 0.233. The molecule has 2 aromatic carbocycles. The first-order valence-electron chi connectivity index (χ1n) is 11.6. The first-order valence-corrected chi connectivity index (χ1v) is 15.7. The van der Waals surface area contributed by atoms with Gasteiger partial charge in [-0.3, -0.25) is 0 Å². The second kappa shape index (κ2) is 9.61. The summed E-state index contributed by atoms with van der Waals surface area (Å²) in [5.41, 5.74) is 3.08. The number of fused-ring (bicyclic) bond motifs is 1. The van der Waals surface area contributed by atoms with Gasteiger partial charge in [0.15, 0.2) is 0 Å². The fraction of sp³-hybridized carbons (Fsp3) is 0.192. The van der Waals surface area contributed by atoms with Crippen molar-refractivity contribution in [1.82, 2.24) is 19.2 Å². The molecular weight excluding hydrogens is 545 g/mol. The van der Waals surface area contributed by atoms with E-state index >= 15 is 0 Å². The lowest BCUT2D eigenvalue weighted by atomic mass is 10.1. The van der Waals surface area contributed by atoms with Crippen molar-refractivity contribution in [3.63, 3.8) is 0 Å². The molecule has 0 aliphatic heterocycles. The molecule has 0 atom stereocenters. The average Bonchev–Trinajstić information content (AvgIpc) is 3.50. The lowest BCUT2D eigenvalue weighted by Crippen LogP contribution is -2.11. The molecule has 5 rings (SSSR count). The van der Waals surface area contributed by atoms with Crippen LogP contribution in [0.3, 0.4) is 0 Å². The molecule has 38 heavy (non-hydrogen) atoms. The standard InChI is InChI=1S/C26H24N4O5S3/c1-16(2)35-24-7-5-6-22(27-24)21-15-30(38(33,34)19-11-8-17(3)9-12-19)23-13-10-18(14-20(21)23)25-28-29-26(36-25)37(4,31)32/h5-16H,1-4H3. The van der Waals surface area contributed by atoms with Crippen LogP contribution in [0.25, 0.3) is 32.7 Å². The molecular formula is C26H24N4O5S3. The van der Waals surface area contributed by atoms with E-state index in [0.29, 0.717) is 38.6 Å². The third-order valence-electron chi connectivity index (χ3n) is 5.67. The molecule has 3 heterocycles. The Kier molecular flexibility index (Phi) is 6.58. The summed E-state index contributed by atoms with van der Waals surface area (Å²) >= 11 is 0.952. The Labute approximate surface area is 224 Å². The van der Waals surface area contributed by atoms with E-state index in [-0.39, 0.29) is 15.3 Å². The normalized spacial score (nSPS) is 12.3. The van der Waals surface area contributed by atoms with Crippen LogP contribution in [0.5, 0.6) is 5.88 Å². The van der Waals surface area contributed by atoms with Gasteiger partial charge in [0, 0.05) is 35.0 Å². The molecule has 12 heteroatoms. The monoisotopic (exact) mass is 568 g/mol. The Morgan fingerprint density at radius 2 is 1.68 bits per heavy atom. The van der Waals surface area contributed by atoms with Gasteiger partial charge in [-0.05, 0) is 57.2 Å². The fourth-order valence-electron chi connectivity index (χ4n) is 3.91. The second-order valence-corrected chi connectivity index (χ2v) is 14.0. The molecule has 0 aliphatic rings. The Morgan fingerprint density at radius 1 is 0.947 bits per heavy atom. The van der Waals surface area contributed by atoms with E-state index in [2.05, 4.69) is 15.2 Å². The Balaban J connectivity index is 1.73. The molecule has 0 saturated heterocycles. The predicted octanol–water partition coefficient (Wildman–Crippen LogP) is 4.96. The topological polar surface area (TPSA) is 121 Å². The number of hydrogen-bond acceptors (Lipinski definition) is 9. The summed E-state index contributed by atoms with van der Waals surface area (Å²) in [6.45, 7) is 5.68. The zero-order valence-corrected chi connectivity index (χ0v) is 23.4. The molecule has 196 valence electrons. The smallest absolute Gasteiger partial charge is 0.268 e. The molecule has 0 N–H and O–H groups in total. The van der Waals surface area contributed by atoms with Crippen LogP contribution in [0.1, 0.15) is 19.4 Å². The van der Waals surface area contributed by atoms with Crippen LogP contribution in [-0.4, -0.2) is 48.3 Å². The van der Waals surface area contributed by atoms with E-state index in [9.17, 15) is 16.8 Å². The van der Waals surface area contributed by atoms with Gasteiger partial charge >= 0.3 is 0 Å². The number of ether oxygens (including phenoxy) is 1. The summed E-state index contributed by atoms with van der Waals surface area (Å²) in [7, 11) is -7.45. The summed E-state index contributed by atoms with van der Waals surface area (Å²) in [6, 6.07) is 17.1. The van der Waals surface area contributed by atoms with Gasteiger partial charge in [0.25, 0.3) is 10.0 Å². The maximum atomic E-state index is 13.7. The first-order chi connectivity index (χ1) is 17.9. The SMILES string of the molecule is Cc1ccc(S(=O)(=O)n2cc(-c3cccc(OC(C)C)n3)c3cc(-c4nnc(S(C)(=O)=O)s4)ccc32)cc1. The van der Waals surface area contributed by atoms with Crippen molar-refractivity contribution in [2.75, 3.05) is 6.26 Å². The summed E-state index contributed by atoms with van der Waals surface area (Å²) in [6.07, 6.45) is 2.54. The van der Waals surface area contributed by atoms with E-state index in [1.54, 1.807) is 66.9 Å². The number of hydrogen-bond donors (Lipinski definition) is 0. The van der Waals surface area contributed by atoms with Crippen molar-refractivity contribution in [3.8, 4) is 27.7 Å². The molecule has 0 bridgehead atoms. The molecule has 3 aromatic heterocycles. The Bertz CT molecular complexity index is 1870. The number of aromatic nitrogens is 4. The highest BCUT2D eigenvalue weighted by Gasteiger charge is 2.24. The zero-order chi connectivity index (χ0) is 27.2. The Hall–Kier alpha value is -3.61. The maximum Gasteiger partial charge on any atom is 0.268 e. The largest absolute Gasteiger partial charge is 0.475 e.